The Balaban J connectivity index is 0.00000324. The Morgan fingerprint density at radius 1 is 1.09 bits per heavy atom. The summed E-state index contributed by atoms with van der Waals surface area (Å²) in [6, 6.07) is 13.2. The molecule has 2 aromatic heterocycles. The van der Waals surface area contributed by atoms with Crippen LogP contribution in [-0.4, -0.2) is 41.0 Å². The monoisotopic (exact) mass is 546 g/mol. The summed E-state index contributed by atoms with van der Waals surface area (Å²) in [6.45, 7) is 0. The number of rotatable bonds is 7. The first-order chi connectivity index (χ1) is 15.9. The lowest BCUT2D eigenvalue weighted by atomic mass is 9.84. The molecule has 8 nitrogen and oxygen atoms in total. The van der Waals surface area contributed by atoms with Crippen LogP contribution >= 0.6 is 28.3 Å². The summed E-state index contributed by atoms with van der Waals surface area (Å²) in [5.41, 5.74) is 6.74. The molecule has 180 valence electrons. The highest BCUT2D eigenvalue weighted by atomic mass is 79.9. The van der Waals surface area contributed by atoms with Crippen molar-refractivity contribution in [2.24, 2.45) is 5.73 Å². The molecule has 0 spiro atoms. The lowest BCUT2D eigenvalue weighted by Gasteiger charge is -2.29. The maximum absolute atomic E-state index is 11.9. The number of primary amides is 1. The second-order valence-corrected chi connectivity index (χ2v) is 9.17. The minimum Gasteiger partial charge on any atom is -0.438 e. The molecule has 34 heavy (non-hydrogen) atoms. The van der Waals surface area contributed by atoms with Crippen molar-refractivity contribution in [3.05, 3.63) is 64.4 Å². The lowest BCUT2D eigenvalue weighted by Crippen LogP contribution is -2.27. The third kappa shape index (κ3) is 6.15. The number of nitrogens with two attached hydrogens (primary N) is 1. The van der Waals surface area contributed by atoms with Gasteiger partial charge < -0.3 is 20.7 Å². The van der Waals surface area contributed by atoms with E-state index in [0.717, 1.165) is 41.7 Å². The van der Waals surface area contributed by atoms with E-state index >= 15 is 0 Å². The van der Waals surface area contributed by atoms with Gasteiger partial charge in [-0.1, -0.05) is 18.2 Å². The van der Waals surface area contributed by atoms with E-state index in [4.69, 9.17) is 10.5 Å². The Morgan fingerprint density at radius 3 is 2.44 bits per heavy atom. The molecule has 1 saturated carbocycles. The van der Waals surface area contributed by atoms with E-state index in [1.165, 1.54) is 0 Å². The van der Waals surface area contributed by atoms with Crippen molar-refractivity contribution in [1.82, 2.24) is 15.0 Å². The number of aromatic nitrogens is 3. The summed E-state index contributed by atoms with van der Waals surface area (Å²) in [7, 11) is 3.91. The molecule has 0 atom stereocenters. The van der Waals surface area contributed by atoms with Crippen LogP contribution in [0.1, 0.15) is 47.7 Å². The minimum absolute atomic E-state index is 0. The van der Waals surface area contributed by atoms with Crippen LogP contribution in [0.25, 0.3) is 0 Å². The van der Waals surface area contributed by atoms with Gasteiger partial charge in [-0.3, -0.25) is 4.79 Å². The number of pyridine rings is 1. The van der Waals surface area contributed by atoms with Gasteiger partial charge in [-0.25, -0.2) is 9.97 Å². The van der Waals surface area contributed by atoms with Crippen LogP contribution < -0.4 is 20.7 Å². The molecule has 0 radical (unpaired) electrons. The van der Waals surface area contributed by atoms with Gasteiger partial charge in [0.1, 0.15) is 17.1 Å². The predicted octanol–water partition coefficient (Wildman–Crippen LogP) is 5.15. The van der Waals surface area contributed by atoms with E-state index in [2.05, 4.69) is 36.2 Å². The van der Waals surface area contributed by atoms with Crippen molar-refractivity contribution in [2.75, 3.05) is 24.3 Å². The zero-order valence-corrected chi connectivity index (χ0v) is 21.5. The standard InChI is InChI=1S/C24H27BrN6O2.ClH/c1-31(2)22-19(25)14-27-24(30-22)28-16-10-8-15(9-11-16)20-13-12-18(21(26)32)23(29-20)33-17-6-4-3-5-7-17;/h3-7,12-16H,8-11H2,1-2H3,(H2,26,32)(H,27,28,30);1H. The number of hydrogen-bond acceptors (Lipinski definition) is 7. The largest absolute Gasteiger partial charge is 0.438 e. The molecule has 0 saturated heterocycles. The Kier molecular flexibility index (Phi) is 8.68. The molecular formula is C24H28BrClN6O2. The van der Waals surface area contributed by atoms with E-state index < -0.39 is 5.91 Å². The van der Waals surface area contributed by atoms with Crippen LogP contribution in [0.2, 0.25) is 0 Å². The number of hydrogen-bond donors (Lipinski definition) is 2. The van der Waals surface area contributed by atoms with Crippen molar-refractivity contribution in [1.29, 1.82) is 0 Å². The average molecular weight is 548 g/mol. The first-order valence-electron chi connectivity index (χ1n) is 10.9. The number of amides is 1. The molecule has 10 heteroatoms. The predicted molar refractivity (Wildman–Crippen MR) is 139 cm³/mol. The van der Waals surface area contributed by atoms with Crippen molar-refractivity contribution >= 4 is 46.0 Å². The summed E-state index contributed by atoms with van der Waals surface area (Å²) in [5.74, 6) is 2.07. The number of ether oxygens (including phenoxy) is 1. The highest BCUT2D eigenvalue weighted by Crippen LogP contribution is 2.35. The number of para-hydroxylation sites is 1. The van der Waals surface area contributed by atoms with Crippen LogP contribution in [0.5, 0.6) is 11.6 Å². The van der Waals surface area contributed by atoms with Crippen LogP contribution in [0.4, 0.5) is 11.8 Å². The number of anilines is 2. The van der Waals surface area contributed by atoms with Gasteiger partial charge in [0.05, 0.1) is 4.47 Å². The summed E-state index contributed by atoms with van der Waals surface area (Å²) >= 11 is 3.49. The fourth-order valence-corrected chi connectivity index (χ4v) is 4.55. The van der Waals surface area contributed by atoms with Crippen molar-refractivity contribution < 1.29 is 9.53 Å². The minimum atomic E-state index is -0.556. The van der Waals surface area contributed by atoms with Gasteiger partial charge >= 0.3 is 0 Å². The Morgan fingerprint density at radius 2 is 1.79 bits per heavy atom. The topological polar surface area (TPSA) is 106 Å². The number of benzene rings is 1. The van der Waals surface area contributed by atoms with Crippen molar-refractivity contribution in [3.63, 3.8) is 0 Å². The smallest absolute Gasteiger partial charge is 0.254 e. The molecule has 1 aromatic carbocycles. The van der Waals surface area contributed by atoms with Crippen LogP contribution in [-0.2, 0) is 0 Å². The zero-order valence-electron chi connectivity index (χ0n) is 19.1. The second kappa shape index (κ2) is 11.5. The van der Waals surface area contributed by atoms with Crippen LogP contribution in [0.3, 0.4) is 0 Å². The van der Waals surface area contributed by atoms with Crippen molar-refractivity contribution in [3.8, 4) is 11.6 Å². The summed E-state index contributed by atoms with van der Waals surface area (Å²) in [4.78, 5) is 27.5. The molecule has 1 aliphatic rings. The fraction of sp³-hybridized carbons (Fsp3) is 0.333. The SMILES string of the molecule is CN(C)c1nc(NC2CCC(c3ccc(C(N)=O)c(Oc4ccccc4)n3)CC2)ncc1Br.Cl. The molecule has 0 bridgehead atoms. The van der Waals surface area contributed by atoms with E-state index in [-0.39, 0.29) is 29.8 Å². The molecule has 2 heterocycles. The Hall–Kier alpha value is -2.91. The first-order valence-corrected chi connectivity index (χ1v) is 11.7. The quantitative estimate of drug-likeness (QED) is 0.421. The normalized spacial score (nSPS) is 17.4. The molecule has 0 unspecified atom stereocenters. The number of halogens is 2. The highest BCUT2D eigenvalue weighted by Gasteiger charge is 2.25. The first kappa shape index (κ1) is 25.7. The van der Waals surface area contributed by atoms with Crippen LogP contribution in [0.15, 0.2) is 53.1 Å². The number of carbonyl (C=O) groups excluding carboxylic acids is 1. The van der Waals surface area contributed by atoms with Crippen LogP contribution in [0, 0.1) is 0 Å². The Labute approximate surface area is 213 Å². The van der Waals surface area contributed by atoms with Crippen molar-refractivity contribution in [2.45, 2.75) is 37.6 Å². The maximum atomic E-state index is 11.9. The fourth-order valence-electron chi connectivity index (χ4n) is 4.00. The lowest BCUT2D eigenvalue weighted by molar-refractivity contribution is 0.0997. The molecule has 1 amide bonds. The van der Waals surface area contributed by atoms with E-state index in [0.29, 0.717) is 17.7 Å². The third-order valence-corrected chi connectivity index (χ3v) is 6.29. The average Bonchev–Trinajstić information content (AvgIpc) is 2.81. The summed E-state index contributed by atoms with van der Waals surface area (Å²) in [5, 5.41) is 3.47. The Bertz CT molecular complexity index is 1120. The summed E-state index contributed by atoms with van der Waals surface area (Å²) < 4.78 is 6.76. The van der Waals surface area contributed by atoms with Gasteiger partial charge in [0.2, 0.25) is 11.8 Å². The second-order valence-electron chi connectivity index (χ2n) is 8.32. The molecule has 3 N–H and O–H groups in total. The molecule has 4 rings (SSSR count). The van der Waals surface area contributed by atoms with E-state index in [1.807, 2.05) is 55.4 Å². The van der Waals surface area contributed by atoms with Gasteiger partial charge in [0, 0.05) is 37.9 Å². The van der Waals surface area contributed by atoms with Gasteiger partial charge in [-0.15, -0.1) is 12.4 Å². The van der Waals surface area contributed by atoms with E-state index in [9.17, 15) is 4.79 Å². The molecule has 1 fully saturated rings. The number of carbonyl (C=O) groups is 1. The molecule has 1 aliphatic carbocycles. The number of nitrogens with one attached hydrogen (secondary N) is 1. The number of nitrogens with zero attached hydrogens (tertiary/aromatic N) is 4. The highest BCUT2D eigenvalue weighted by molar-refractivity contribution is 9.10. The maximum Gasteiger partial charge on any atom is 0.254 e. The zero-order chi connectivity index (χ0) is 23.4. The molecular weight excluding hydrogens is 520 g/mol. The molecule has 0 aliphatic heterocycles. The third-order valence-electron chi connectivity index (χ3n) is 5.73. The molecule has 3 aromatic rings. The summed E-state index contributed by atoms with van der Waals surface area (Å²) in [6.07, 6.45) is 5.63. The van der Waals surface area contributed by atoms with Gasteiger partial charge in [0.15, 0.2) is 0 Å². The van der Waals surface area contributed by atoms with Gasteiger partial charge in [-0.2, -0.15) is 4.98 Å². The van der Waals surface area contributed by atoms with Gasteiger partial charge in [-0.05, 0) is 65.9 Å². The van der Waals surface area contributed by atoms with Gasteiger partial charge in [0.25, 0.3) is 5.91 Å². The van der Waals surface area contributed by atoms with E-state index in [1.54, 1.807) is 12.3 Å².